The fourth-order valence-electron chi connectivity index (χ4n) is 8.62. The van der Waals surface area contributed by atoms with Crippen LogP contribution in [-0.2, 0) is 0 Å². The first kappa shape index (κ1) is 36.6. The molecule has 0 spiro atoms. The molecule has 8 heteroatoms. The number of benzene rings is 8. The van der Waals surface area contributed by atoms with Gasteiger partial charge in [0.1, 0.15) is 12.1 Å². The molecule has 62 heavy (non-hydrogen) atoms. The Morgan fingerprint density at radius 1 is 0.355 bits per heavy atom. The Morgan fingerprint density at radius 2 is 0.758 bits per heavy atom. The van der Waals surface area contributed by atoms with E-state index >= 15 is 0 Å². The van der Waals surface area contributed by atoms with Gasteiger partial charge in [0.2, 0.25) is 0 Å². The Balaban J connectivity index is 1.14. The highest BCUT2D eigenvalue weighted by Crippen LogP contribution is 2.40. The number of fused-ring (bicyclic) bond motifs is 6. The largest absolute Gasteiger partial charge is 0.308 e. The van der Waals surface area contributed by atoms with E-state index in [1.165, 1.54) is 0 Å². The van der Waals surface area contributed by atoms with Gasteiger partial charge in [0.05, 0.1) is 81.0 Å². The molecule has 2 aromatic heterocycles. The molecular weight excluding hydrogens is 761 g/mol. The molecule has 10 rings (SSSR count). The highest BCUT2D eigenvalue weighted by molar-refractivity contribution is 6.12. The summed E-state index contributed by atoms with van der Waals surface area (Å²) >= 11 is 0. The van der Waals surface area contributed by atoms with Gasteiger partial charge in [0.25, 0.3) is 0 Å². The summed E-state index contributed by atoms with van der Waals surface area (Å²) in [4.78, 5) is 7.18. The van der Waals surface area contributed by atoms with Crippen LogP contribution in [0.4, 0.5) is 11.4 Å². The topological polar surface area (TPSA) is 114 Å². The third-order valence-corrected chi connectivity index (χ3v) is 11.4. The molecule has 282 valence electrons. The Hall–Kier alpha value is -9.70. The van der Waals surface area contributed by atoms with Crippen LogP contribution in [0.2, 0.25) is 0 Å². The van der Waals surface area contributed by atoms with Crippen LogP contribution in [0.15, 0.2) is 158 Å². The Bertz CT molecular complexity index is 3520. The zero-order chi connectivity index (χ0) is 42.5. The second kappa shape index (κ2) is 14.6. The number of aromatic nitrogens is 2. The van der Waals surface area contributed by atoms with E-state index in [1.807, 2.05) is 97.1 Å². The van der Waals surface area contributed by atoms with Crippen LogP contribution in [-0.4, -0.2) is 9.13 Å². The molecule has 0 unspecified atom stereocenters. The first-order valence-electron chi connectivity index (χ1n) is 19.5. The smallest absolute Gasteiger partial charge is 0.177 e. The van der Waals surface area contributed by atoms with Crippen molar-refractivity contribution in [2.45, 2.75) is 0 Å². The highest BCUT2D eigenvalue weighted by Gasteiger charge is 2.20. The zero-order valence-corrected chi connectivity index (χ0v) is 32.6. The second-order valence-electron chi connectivity index (χ2n) is 14.8. The van der Waals surface area contributed by atoms with E-state index in [0.717, 1.165) is 77.0 Å². The van der Waals surface area contributed by atoms with E-state index in [1.54, 1.807) is 36.4 Å². The predicted octanol–water partition coefficient (Wildman–Crippen LogP) is 13.5. The summed E-state index contributed by atoms with van der Waals surface area (Å²) in [7, 11) is 0. The van der Waals surface area contributed by atoms with Gasteiger partial charge in [-0.25, -0.2) is 9.69 Å². The van der Waals surface area contributed by atoms with Crippen LogP contribution in [0.5, 0.6) is 0 Å². The lowest BCUT2D eigenvalue weighted by atomic mass is 9.98. The van der Waals surface area contributed by atoms with Crippen molar-refractivity contribution in [1.29, 1.82) is 21.0 Å². The van der Waals surface area contributed by atoms with Crippen molar-refractivity contribution in [2.24, 2.45) is 0 Å². The fraction of sp³-hybridized carbons (Fsp3) is 0. The summed E-state index contributed by atoms with van der Waals surface area (Å²) in [5.74, 6) is 0. The van der Waals surface area contributed by atoms with E-state index in [4.69, 9.17) is 13.1 Å². The number of hydrogen-bond donors (Lipinski definition) is 0. The summed E-state index contributed by atoms with van der Waals surface area (Å²) in [6.45, 7) is 15.2. The van der Waals surface area contributed by atoms with Crippen molar-refractivity contribution in [2.75, 3.05) is 0 Å². The number of hydrogen-bond acceptors (Lipinski definition) is 4. The Labute approximate surface area is 355 Å². The Kier molecular flexibility index (Phi) is 8.62. The van der Waals surface area contributed by atoms with Crippen molar-refractivity contribution in [3.8, 4) is 69.0 Å². The molecule has 0 aliphatic heterocycles. The predicted molar refractivity (Wildman–Crippen MR) is 243 cm³/mol. The van der Waals surface area contributed by atoms with Crippen molar-refractivity contribution in [3.05, 3.63) is 203 Å². The van der Waals surface area contributed by atoms with E-state index < -0.39 is 0 Å². The quantitative estimate of drug-likeness (QED) is 0.162. The average molecular weight is 787 g/mol. The normalized spacial score (nSPS) is 10.8. The first-order valence-corrected chi connectivity index (χ1v) is 19.5. The summed E-state index contributed by atoms with van der Waals surface area (Å²) in [5.41, 5.74) is 12.6. The SMILES string of the molecule is [C-]#[N+]c1cc([N+]#[C-])cc(-c2ccc3c(c2)c2ccccc2n3-c2cc(-c3ccc(C#N)c(-n4c5ccccc5c5cc(-c6cc(C#N)cc(C#N)c6)ccc54)c3)ccc2C#N)c1. The molecule has 2 heterocycles. The van der Waals surface area contributed by atoms with Crippen LogP contribution in [0.25, 0.3) is 98.1 Å². The molecule has 0 saturated heterocycles. The third kappa shape index (κ3) is 5.87. The molecule has 8 aromatic carbocycles. The van der Waals surface area contributed by atoms with E-state index in [9.17, 15) is 21.0 Å². The van der Waals surface area contributed by atoms with Gasteiger partial charge < -0.3 is 9.13 Å². The number of para-hydroxylation sites is 2. The van der Waals surface area contributed by atoms with Gasteiger partial charge in [-0.3, -0.25) is 0 Å². The van der Waals surface area contributed by atoms with Crippen molar-refractivity contribution in [1.82, 2.24) is 9.13 Å². The minimum Gasteiger partial charge on any atom is -0.308 e. The lowest BCUT2D eigenvalue weighted by Gasteiger charge is -2.15. The average Bonchev–Trinajstić information content (AvgIpc) is 3.85. The van der Waals surface area contributed by atoms with Gasteiger partial charge in [-0.05, 0) is 112 Å². The van der Waals surface area contributed by atoms with Crippen LogP contribution < -0.4 is 0 Å². The molecule has 0 bridgehead atoms. The fourth-order valence-corrected chi connectivity index (χ4v) is 8.62. The number of nitriles is 4. The Morgan fingerprint density at radius 3 is 1.19 bits per heavy atom. The second-order valence-corrected chi connectivity index (χ2v) is 14.8. The van der Waals surface area contributed by atoms with Crippen molar-refractivity contribution >= 4 is 55.0 Å². The molecule has 0 saturated carbocycles. The van der Waals surface area contributed by atoms with Gasteiger partial charge in [0.15, 0.2) is 11.4 Å². The molecule has 0 radical (unpaired) electrons. The van der Waals surface area contributed by atoms with Crippen LogP contribution in [0.1, 0.15) is 22.3 Å². The molecule has 0 aliphatic rings. The minimum atomic E-state index is 0.402. The molecule has 8 nitrogen and oxygen atoms in total. The van der Waals surface area contributed by atoms with Gasteiger partial charge in [0, 0.05) is 21.5 Å². The van der Waals surface area contributed by atoms with Crippen LogP contribution in [0, 0.1) is 58.5 Å². The van der Waals surface area contributed by atoms with Crippen molar-refractivity contribution < 1.29 is 0 Å². The number of nitrogens with zero attached hydrogens (tertiary/aromatic N) is 8. The van der Waals surface area contributed by atoms with Crippen LogP contribution in [0.3, 0.4) is 0 Å². The van der Waals surface area contributed by atoms with Gasteiger partial charge in [-0.2, -0.15) is 21.0 Å². The van der Waals surface area contributed by atoms with E-state index in [0.29, 0.717) is 45.0 Å². The summed E-state index contributed by atoms with van der Waals surface area (Å²) < 4.78 is 4.21. The summed E-state index contributed by atoms with van der Waals surface area (Å²) in [6.07, 6.45) is 0. The lowest BCUT2D eigenvalue weighted by Crippen LogP contribution is -2.00. The van der Waals surface area contributed by atoms with E-state index in [2.05, 4.69) is 67.4 Å². The maximum Gasteiger partial charge on any atom is 0.177 e. The number of rotatable bonds is 5. The standard InChI is InChI=1S/C54H26N8/c1-59-43-22-42(23-44(28-43)60-2)36-16-18-52-48(25-36)46-8-4-6-10-50(46)62(52)54-27-38(12-14-40(54)32-58)37-11-13-39(31-57)53(26-37)61-49-9-5-3-7-45(49)47-24-35(15-17-51(47)61)41-20-33(29-55)19-34(21-41)30-56/h3-28H. The molecular formula is C54H26N8. The van der Waals surface area contributed by atoms with Gasteiger partial charge in [-0.1, -0.05) is 78.9 Å². The zero-order valence-electron chi connectivity index (χ0n) is 32.6. The third-order valence-electron chi connectivity index (χ3n) is 11.4. The molecule has 0 aliphatic carbocycles. The monoisotopic (exact) mass is 786 g/mol. The molecule has 0 amide bonds. The maximum absolute atomic E-state index is 10.5. The van der Waals surface area contributed by atoms with Gasteiger partial charge >= 0.3 is 0 Å². The molecule has 0 atom stereocenters. The summed E-state index contributed by atoms with van der Waals surface area (Å²) in [6, 6.07) is 59.3. The highest BCUT2D eigenvalue weighted by atomic mass is 15.0. The minimum absolute atomic E-state index is 0.402. The molecule has 0 fully saturated rings. The first-order chi connectivity index (χ1) is 30.4. The molecule has 10 aromatic rings. The molecule has 0 N–H and O–H groups in total. The summed E-state index contributed by atoms with van der Waals surface area (Å²) in [5, 5.41) is 44.2. The van der Waals surface area contributed by atoms with Crippen molar-refractivity contribution in [3.63, 3.8) is 0 Å². The van der Waals surface area contributed by atoms with Gasteiger partial charge in [-0.15, -0.1) is 0 Å². The maximum atomic E-state index is 10.5. The lowest BCUT2D eigenvalue weighted by molar-refractivity contribution is 1.16. The van der Waals surface area contributed by atoms with E-state index in [-0.39, 0.29) is 0 Å². The van der Waals surface area contributed by atoms with Crippen LogP contribution >= 0.6 is 0 Å².